The lowest BCUT2D eigenvalue weighted by Gasteiger charge is -2.36. The van der Waals surface area contributed by atoms with Crippen molar-refractivity contribution in [2.45, 2.75) is 57.5 Å². The minimum atomic E-state index is -0.147. The maximum atomic E-state index is 14.3. The highest BCUT2D eigenvalue weighted by Crippen LogP contribution is 2.37. The summed E-state index contributed by atoms with van der Waals surface area (Å²) in [5, 5.41) is 4.46. The van der Waals surface area contributed by atoms with Crippen molar-refractivity contribution in [1.82, 2.24) is 10.2 Å². The first-order valence-corrected chi connectivity index (χ1v) is 17.7. The maximum absolute atomic E-state index is 14.3. The summed E-state index contributed by atoms with van der Waals surface area (Å²) in [6, 6.07) is 18.4. The van der Waals surface area contributed by atoms with Gasteiger partial charge in [0.1, 0.15) is 31.3 Å². The molecule has 3 aromatic rings. The van der Waals surface area contributed by atoms with Gasteiger partial charge in [0, 0.05) is 40.0 Å². The average molecular weight is 736 g/mol. The average Bonchev–Trinajstić information content (AvgIpc) is 3.92. The zero-order valence-corrected chi connectivity index (χ0v) is 31.0. The van der Waals surface area contributed by atoms with Crippen LogP contribution in [0.2, 0.25) is 10.0 Å². The van der Waals surface area contributed by atoms with Crippen molar-refractivity contribution in [3.8, 4) is 17.2 Å². The summed E-state index contributed by atoms with van der Waals surface area (Å²) in [7, 11) is 3.39. The number of carbonyl (C=O) groups is 1. The quantitative estimate of drug-likeness (QED) is 0.134. The van der Waals surface area contributed by atoms with Crippen molar-refractivity contribution in [3.63, 3.8) is 0 Å². The Morgan fingerprint density at radius 3 is 2.16 bits per heavy atom. The highest BCUT2D eigenvalue weighted by molar-refractivity contribution is 6.37. The molecule has 0 bridgehead atoms. The van der Waals surface area contributed by atoms with E-state index >= 15 is 0 Å². The van der Waals surface area contributed by atoms with Crippen LogP contribution in [0.5, 0.6) is 17.2 Å². The molecular weight excluding hydrogens is 687 g/mol. The number of nitrogens with one attached hydrogen (secondary N) is 1. The number of hydrogen-bond acceptors (Lipinski definition) is 7. The Balaban J connectivity index is 0.00000541. The van der Waals surface area contributed by atoms with E-state index in [2.05, 4.69) is 40.5 Å². The van der Waals surface area contributed by atoms with Gasteiger partial charge in [0.25, 0.3) is 0 Å². The van der Waals surface area contributed by atoms with Crippen molar-refractivity contribution in [3.05, 3.63) is 86.9 Å². The third-order valence-electron chi connectivity index (χ3n) is 8.87. The SMILES string of the molecule is COCCCc1cc(CN(C(=O)[C@H]2CNCC[C@@H]2c2ccc(OCCOc3c(Cl)cc(C)cc3Cl)cc2)C2CC2)cc(OCCOC)c1.Cl. The van der Waals surface area contributed by atoms with E-state index in [9.17, 15) is 4.79 Å². The van der Waals surface area contributed by atoms with Crippen molar-refractivity contribution < 1.29 is 28.5 Å². The molecule has 268 valence electrons. The number of nitrogens with zero attached hydrogens (tertiary/aromatic N) is 1. The number of ether oxygens (including phenoxy) is 5. The van der Waals surface area contributed by atoms with Gasteiger partial charge >= 0.3 is 0 Å². The molecule has 2 aliphatic rings. The number of hydrogen-bond donors (Lipinski definition) is 1. The molecule has 1 amide bonds. The van der Waals surface area contributed by atoms with Crippen LogP contribution in [0.1, 0.15) is 53.9 Å². The third-order valence-corrected chi connectivity index (χ3v) is 9.43. The van der Waals surface area contributed by atoms with Gasteiger partial charge < -0.3 is 33.9 Å². The minimum absolute atomic E-state index is 0. The number of rotatable bonds is 18. The molecule has 1 N–H and O–H groups in total. The van der Waals surface area contributed by atoms with Gasteiger partial charge in [-0.2, -0.15) is 0 Å². The van der Waals surface area contributed by atoms with E-state index < -0.39 is 0 Å². The number of carbonyl (C=O) groups excluding carboxylic acids is 1. The van der Waals surface area contributed by atoms with Gasteiger partial charge in [-0.3, -0.25) is 4.79 Å². The molecule has 0 unspecified atom stereocenters. The van der Waals surface area contributed by atoms with Crippen LogP contribution in [0, 0.1) is 12.8 Å². The number of piperidine rings is 1. The second kappa shape index (κ2) is 19.6. The summed E-state index contributed by atoms with van der Waals surface area (Å²) < 4.78 is 28.2. The number of methoxy groups -OCH3 is 2. The van der Waals surface area contributed by atoms with Crippen LogP contribution >= 0.6 is 35.6 Å². The van der Waals surface area contributed by atoms with E-state index in [1.54, 1.807) is 14.2 Å². The first kappa shape index (κ1) is 39.1. The Bertz CT molecular complexity index is 1440. The molecule has 0 aromatic heterocycles. The lowest BCUT2D eigenvalue weighted by molar-refractivity contribution is -0.138. The fourth-order valence-corrected chi connectivity index (χ4v) is 7.06. The maximum Gasteiger partial charge on any atom is 0.228 e. The first-order chi connectivity index (χ1) is 23.4. The fraction of sp³-hybridized carbons (Fsp3) is 0.500. The van der Waals surface area contributed by atoms with Gasteiger partial charge in [-0.1, -0.05) is 41.4 Å². The van der Waals surface area contributed by atoms with E-state index in [4.69, 9.17) is 46.9 Å². The zero-order valence-electron chi connectivity index (χ0n) is 28.7. The summed E-state index contributed by atoms with van der Waals surface area (Å²) in [5.74, 6) is 2.22. The summed E-state index contributed by atoms with van der Waals surface area (Å²) in [6.45, 7) is 6.40. The Labute approximate surface area is 307 Å². The highest BCUT2D eigenvalue weighted by atomic mass is 35.5. The molecule has 49 heavy (non-hydrogen) atoms. The zero-order chi connectivity index (χ0) is 33.9. The summed E-state index contributed by atoms with van der Waals surface area (Å²) in [4.78, 5) is 16.5. The van der Waals surface area contributed by atoms with Crippen LogP contribution in [-0.2, 0) is 27.2 Å². The first-order valence-electron chi connectivity index (χ1n) is 16.9. The molecule has 0 spiro atoms. The van der Waals surface area contributed by atoms with E-state index in [1.165, 1.54) is 5.56 Å². The minimum Gasteiger partial charge on any atom is -0.491 e. The second-order valence-electron chi connectivity index (χ2n) is 12.6. The topological polar surface area (TPSA) is 78.5 Å². The van der Waals surface area contributed by atoms with Gasteiger partial charge in [-0.05, 0) is 110 Å². The van der Waals surface area contributed by atoms with Gasteiger partial charge in [-0.15, -0.1) is 12.4 Å². The van der Waals surface area contributed by atoms with Crippen LogP contribution in [0.3, 0.4) is 0 Å². The van der Waals surface area contributed by atoms with Crippen molar-refractivity contribution in [2.24, 2.45) is 5.92 Å². The Morgan fingerprint density at radius 1 is 0.816 bits per heavy atom. The smallest absolute Gasteiger partial charge is 0.228 e. The van der Waals surface area contributed by atoms with Crippen LogP contribution in [-0.4, -0.2) is 77.2 Å². The molecule has 1 heterocycles. The number of halogens is 3. The van der Waals surface area contributed by atoms with E-state index in [0.717, 1.165) is 66.8 Å². The Hall–Kier alpha value is -2.72. The predicted octanol–water partition coefficient (Wildman–Crippen LogP) is 7.67. The van der Waals surface area contributed by atoms with Crippen molar-refractivity contribution >= 4 is 41.5 Å². The number of benzene rings is 3. The predicted molar refractivity (Wildman–Crippen MR) is 197 cm³/mol. The number of aryl methyl sites for hydroxylation is 2. The normalized spacial score (nSPS) is 17.2. The molecular formula is C38H49Cl3N2O6. The van der Waals surface area contributed by atoms with Crippen LogP contribution in [0.25, 0.3) is 0 Å². The van der Waals surface area contributed by atoms with Gasteiger partial charge in [-0.25, -0.2) is 0 Å². The fourth-order valence-electron chi connectivity index (χ4n) is 6.35. The van der Waals surface area contributed by atoms with Crippen molar-refractivity contribution in [2.75, 3.05) is 60.3 Å². The van der Waals surface area contributed by atoms with Crippen LogP contribution in [0.4, 0.5) is 0 Å². The molecule has 3 aromatic carbocycles. The molecule has 1 saturated heterocycles. The molecule has 5 rings (SSSR count). The Morgan fingerprint density at radius 2 is 1.47 bits per heavy atom. The molecule has 1 aliphatic carbocycles. The van der Waals surface area contributed by atoms with E-state index in [-0.39, 0.29) is 36.2 Å². The van der Waals surface area contributed by atoms with Gasteiger partial charge in [0.05, 0.1) is 22.6 Å². The number of amides is 1. The molecule has 0 radical (unpaired) electrons. The molecule has 2 fully saturated rings. The summed E-state index contributed by atoms with van der Waals surface area (Å²) in [5.41, 5.74) is 4.41. The lowest BCUT2D eigenvalue weighted by atomic mass is 9.80. The van der Waals surface area contributed by atoms with Gasteiger partial charge in [0.15, 0.2) is 5.75 Å². The lowest BCUT2D eigenvalue weighted by Crippen LogP contribution is -2.47. The largest absolute Gasteiger partial charge is 0.491 e. The summed E-state index contributed by atoms with van der Waals surface area (Å²) >= 11 is 12.6. The van der Waals surface area contributed by atoms with Crippen molar-refractivity contribution in [1.29, 1.82) is 0 Å². The highest BCUT2D eigenvalue weighted by Gasteiger charge is 2.40. The molecule has 11 heteroatoms. The third kappa shape index (κ3) is 11.4. The van der Waals surface area contributed by atoms with Crippen LogP contribution < -0.4 is 19.5 Å². The monoisotopic (exact) mass is 734 g/mol. The molecule has 1 aliphatic heterocycles. The summed E-state index contributed by atoms with van der Waals surface area (Å²) in [6.07, 6.45) is 4.79. The Kier molecular flexibility index (Phi) is 15.6. The van der Waals surface area contributed by atoms with Crippen LogP contribution in [0.15, 0.2) is 54.6 Å². The van der Waals surface area contributed by atoms with E-state index in [0.29, 0.717) is 61.9 Å². The molecule has 8 nitrogen and oxygen atoms in total. The molecule has 2 atom stereocenters. The van der Waals surface area contributed by atoms with E-state index in [1.807, 2.05) is 31.2 Å². The molecule has 1 saturated carbocycles. The standard InChI is InChI=1S/C38H48Cl2N2O6.ClH/c1-26-19-35(39)37(36(40)20-26)48-18-17-46-31-10-6-29(7-11-31)33-12-13-41-24-34(33)38(43)42(30-8-9-30)25-28-21-27(5-4-14-44-2)22-32(23-28)47-16-15-45-3;/h6-7,10-11,19-23,30,33-34,41H,4-5,8-9,12-18,24-25H2,1-3H3;1H/t33-,34+;/m1./s1. The second-order valence-corrected chi connectivity index (χ2v) is 13.5. The van der Waals surface area contributed by atoms with Gasteiger partial charge in [0.2, 0.25) is 5.91 Å².